The SMILES string of the molecule is O=C(COCCOc1ccccc1)N1CCN(c2ccc([N+](=O)[O-])cc2)CC1. The molecule has 1 heterocycles. The number of rotatable bonds is 8. The number of carbonyl (C=O) groups is 1. The van der Waals surface area contributed by atoms with E-state index in [1.165, 1.54) is 12.1 Å². The van der Waals surface area contributed by atoms with Crippen molar-refractivity contribution in [2.75, 3.05) is 50.9 Å². The number of benzene rings is 2. The summed E-state index contributed by atoms with van der Waals surface area (Å²) in [7, 11) is 0. The predicted octanol–water partition coefficient (Wildman–Crippen LogP) is 2.34. The van der Waals surface area contributed by atoms with E-state index in [1.54, 1.807) is 17.0 Å². The quantitative estimate of drug-likeness (QED) is 0.394. The summed E-state index contributed by atoms with van der Waals surface area (Å²) >= 11 is 0. The number of piperazine rings is 1. The van der Waals surface area contributed by atoms with Crippen molar-refractivity contribution in [3.05, 3.63) is 64.7 Å². The predicted molar refractivity (Wildman–Crippen MR) is 105 cm³/mol. The molecule has 148 valence electrons. The summed E-state index contributed by atoms with van der Waals surface area (Å²) in [6, 6.07) is 15.9. The molecular weight excluding hydrogens is 362 g/mol. The van der Waals surface area contributed by atoms with Gasteiger partial charge < -0.3 is 19.3 Å². The van der Waals surface area contributed by atoms with Crippen LogP contribution in [-0.2, 0) is 9.53 Å². The maximum Gasteiger partial charge on any atom is 0.269 e. The van der Waals surface area contributed by atoms with Crippen LogP contribution in [0.3, 0.4) is 0 Å². The Morgan fingerprint density at radius 1 is 0.964 bits per heavy atom. The second kappa shape index (κ2) is 9.70. The Morgan fingerprint density at radius 2 is 1.64 bits per heavy atom. The molecule has 28 heavy (non-hydrogen) atoms. The third kappa shape index (κ3) is 5.43. The highest BCUT2D eigenvalue weighted by molar-refractivity contribution is 5.77. The van der Waals surface area contributed by atoms with Gasteiger partial charge in [0.1, 0.15) is 19.0 Å². The number of nitro benzene ring substituents is 1. The van der Waals surface area contributed by atoms with Crippen LogP contribution < -0.4 is 9.64 Å². The lowest BCUT2D eigenvalue weighted by Crippen LogP contribution is -2.49. The first-order valence-electron chi connectivity index (χ1n) is 9.16. The van der Waals surface area contributed by atoms with Gasteiger partial charge in [-0.15, -0.1) is 0 Å². The van der Waals surface area contributed by atoms with Gasteiger partial charge in [-0.25, -0.2) is 0 Å². The minimum absolute atomic E-state index is 0.0374. The van der Waals surface area contributed by atoms with Crippen LogP contribution in [0.5, 0.6) is 5.75 Å². The summed E-state index contributed by atoms with van der Waals surface area (Å²) in [5.74, 6) is 0.739. The smallest absolute Gasteiger partial charge is 0.269 e. The number of hydrogen-bond donors (Lipinski definition) is 0. The maximum atomic E-state index is 12.3. The second-order valence-electron chi connectivity index (χ2n) is 6.36. The number of ether oxygens (including phenoxy) is 2. The molecule has 3 rings (SSSR count). The lowest BCUT2D eigenvalue weighted by Gasteiger charge is -2.36. The number of anilines is 1. The minimum atomic E-state index is -0.411. The lowest BCUT2D eigenvalue weighted by molar-refractivity contribution is -0.384. The molecule has 1 aliphatic heterocycles. The third-order valence-corrected chi connectivity index (χ3v) is 4.52. The number of non-ortho nitro benzene ring substituents is 1. The molecule has 1 saturated heterocycles. The van der Waals surface area contributed by atoms with E-state index < -0.39 is 4.92 Å². The minimum Gasteiger partial charge on any atom is -0.491 e. The van der Waals surface area contributed by atoms with E-state index in [2.05, 4.69) is 4.90 Å². The molecule has 0 spiro atoms. The normalized spacial score (nSPS) is 14.0. The molecule has 8 nitrogen and oxygen atoms in total. The Hall–Kier alpha value is -3.13. The summed E-state index contributed by atoms with van der Waals surface area (Å²) < 4.78 is 10.9. The van der Waals surface area contributed by atoms with E-state index in [-0.39, 0.29) is 18.2 Å². The molecule has 0 bridgehead atoms. The van der Waals surface area contributed by atoms with E-state index in [0.29, 0.717) is 39.4 Å². The molecule has 1 fully saturated rings. The molecule has 0 unspecified atom stereocenters. The maximum absolute atomic E-state index is 12.3. The molecule has 0 radical (unpaired) electrons. The molecular formula is C20H23N3O5. The molecule has 0 N–H and O–H groups in total. The topological polar surface area (TPSA) is 85.2 Å². The standard InChI is InChI=1S/C20H23N3O5/c24-20(16-27-14-15-28-19-4-2-1-3-5-19)22-12-10-21(11-13-22)17-6-8-18(9-7-17)23(25)26/h1-9H,10-16H2. The Labute approximate surface area is 163 Å². The molecule has 2 aromatic carbocycles. The Balaban J connectivity index is 1.35. The van der Waals surface area contributed by atoms with Crippen molar-refractivity contribution in [3.63, 3.8) is 0 Å². The van der Waals surface area contributed by atoms with Gasteiger partial charge in [-0.1, -0.05) is 18.2 Å². The van der Waals surface area contributed by atoms with Crippen LogP contribution >= 0.6 is 0 Å². The van der Waals surface area contributed by atoms with Crippen LogP contribution in [-0.4, -0.2) is 61.7 Å². The van der Waals surface area contributed by atoms with Crippen molar-refractivity contribution in [1.82, 2.24) is 4.90 Å². The zero-order valence-electron chi connectivity index (χ0n) is 15.5. The van der Waals surface area contributed by atoms with Gasteiger partial charge in [0.2, 0.25) is 5.91 Å². The van der Waals surface area contributed by atoms with Gasteiger partial charge in [0.15, 0.2) is 0 Å². The van der Waals surface area contributed by atoms with Crippen molar-refractivity contribution < 1.29 is 19.2 Å². The summed E-state index contributed by atoms with van der Waals surface area (Å²) in [5, 5.41) is 10.7. The van der Waals surface area contributed by atoms with Crippen LogP contribution in [0.25, 0.3) is 0 Å². The second-order valence-corrected chi connectivity index (χ2v) is 6.36. The van der Waals surface area contributed by atoms with Gasteiger partial charge in [0.25, 0.3) is 5.69 Å². The third-order valence-electron chi connectivity index (χ3n) is 4.52. The number of amides is 1. The van der Waals surface area contributed by atoms with Crippen molar-refractivity contribution >= 4 is 17.3 Å². The Morgan fingerprint density at radius 3 is 2.29 bits per heavy atom. The largest absolute Gasteiger partial charge is 0.491 e. The van der Waals surface area contributed by atoms with E-state index in [9.17, 15) is 14.9 Å². The van der Waals surface area contributed by atoms with Gasteiger partial charge in [0, 0.05) is 44.0 Å². The van der Waals surface area contributed by atoms with Crippen molar-refractivity contribution in [1.29, 1.82) is 0 Å². The summed E-state index contributed by atoms with van der Waals surface area (Å²) in [4.78, 5) is 26.5. The average Bonchev–Trinajstić information content (AvgIpc) is 2.74. The first-order chi connectivity index (χ1) is 13.6. The highest BCUT2D eigenvalue weighted by Crippen LogP contribution is 2.20. The van der Waals surface area contributed by atoms with Gasteiger partial charge in [-0.3, -0.25) is 14.9 Å². The molecule has 0 aliphatic carbocycles. The first-order valence-corrected chi connectivity index (χ1v) is 9.16. The number of para-hydroxylation sites is 1. The van der Waals surface area contributed by atoms with Crippen molar-refractivity contribution in [2.45, 2.75) is 0 Å². The first kappa shape index (κ1) is 19.6. The zero-order chi connectivity index (χ0) is 19.8. The number of nitrogens with zero attached hydrogens (tertiary/aromatic N) is 3. The molecule has 0 aromatic heterocycles. The summed E-state index contributed by atoms with van der Waals surface area (Å²) in [6.07, 6.45) is 0. The van der Waals surface area contributed by atoms with Crippen LogP contribution in [0.15, 0.2) is 54.6 Å². The fraction of sp³-hybridized carbons (Fsp3) is 0.350. The van der Waals surface area contributed by atoms with Gasteiger partial charge >= 0.3 is 0 Å². The van der Waals surface area contributed by atoms with Crippen LogP contribution in [0.4, 0.5) is 11.4 Å². The molecule has 1 amide bonds. The fourth-order valence-corrected chi connectivity index (χ4v) is 2.99. The van der Waals surface area contributed by atoms with Crippen molar-refractivity contribution in [2.24, 2.45) is 0 Å². The molecule has 0 atom stereocenters. The molecule has 2 aromatic rings. The van der Waals surface area contributed by atoms with E-state index in [4.69, 9.17) is 9.47 Å². The van der Waals surface area contributed by atoms with Gasteiger partial charge in [-0.2, -0.15) is 0 Å². The average molecular weight is 385 g/mol. The number of hydrogen-bond acceptors (Lipinski definition) is 6. The monoisotopic (exact) mass is 385 g/mol. The lowest BCUT2D eigenvalue weighted by atomic mass is 10.2. The Kier molecular flexibility index (Phi) is 6.80. The van der Waals surface area contributed by atoms with Gasteiger partial charge in [0.05, 0.1) is 11.5 Å². The van der Waals surface area contributed by atoms with Crippen LogP contribution in [0, 0.1) is 10.1 Å². The number of nitro groups is 1. The summed E-state index contributed by atoms with van der Waals surface area (Å²) in [6.45, 7) is 3.34. The van der Waals surface area contributed by atoms with Crippen LogP contribution in [0.2, 0.25) is 0 Å². The molecule has 8 heteroatoms. The van der Waals surface area contributed by atoms with Crippen LogP contribution in [0.1, 0.15) is 0 Å². The fourth-order valence-electron chi connectivity index (χ4n) is 2.99. The molecule has 1 aliphatic rings. The highest BCUT2D eigenvalue weighted by atomic mass is 16.6. The van der Waals surface area contributed by atoms with E-state index in [0.717, 1.165) is 11.4 Å². The summed E-state index contributed by atoms with van der Waals surface area (Å²) in [5.41, 5.74) is 0.998. The van der Waals surface area contributed by atoms with Crippen molar-refractivity contribution in [3.8, 4) is 5.75 Å². The van der Waals surface area contributed by atoms with E-state index in [1.807, 2.05) is 30.3 Å². The number of carbonyl (C=O) groups excluding carboxylic acids is 1. The zero-order valence-corrected chi connectivity index (χ0v) is 15.5. The van der Waals surface area contributed by atoms with Gasteiger partial charge in [-0.05, 0) is 24.3 Å². The Bertz CT molecular complexity index is 774. The highest BCUT2D eigenvalue weighted by Gasteiger charge is 2.21. The van der Waals surface area contributed by atoms with E-state index >= 15 is 0 Å². The molecule has 0 saturated carbocycles.